The number of allylic oxidation sites excluding steroid dienone is 12. The van der Waals surface area contributed by atoms with Crippen LogP contribution in [0.1, 0.15) is 104 Å². The molecule has 9 heteroatoms. The lowest BCUT2D eigenvalue weighted by atomic mass is 10.1. The van der Waals surface area contributed by atoms with E-state index in [1.54, 1.807) is 0 Å². The van der Waals surface area contributed by atoms with Crippen molar-refractivity contribution in [2.45, 2.75) is 110 Å². The van der Waals surface area contributed by atoms with Gasteiger partial charge in [-0.2, -0.15) is 0 Å². The number of carbonyl (C=O) groups is 1. The average molecular weight is 638 g/mol. The maximum atomic E-state index is 12.4. The highest BCUT2D eigenvalue weighted by Crippen LogP contribution is 2.43. The van der Waals surface area contributed by atoms with Crippen LogP contribution in [-0.4, -0.2) is 49.9 Å². The third kappa shape index (κ3) is 31.4. The second kappa shape index (κ2) is 32.3. The van der Waals surface area contributed by atoms with E-state index >= 15 is 0 Å². The smallest absolute Gasteiger partial charge is 0.457 e. The minimum Gasteiger partial charge on any atom is -0.457 e. The summed E-state index contributed by atoms with van der Waals surface area (Å²) in [5.41, 5.74) is 5.31. The van der Waals surface area contributed by atoms with Crippen LogP contribution in [0.3, 0.4) is 0 Å². The second-order valence-corrected chi connectivity index (χ2v) is 11.7. The highest BCUT2D eigenvalue weighted by molar-refractivity contribution is 7.47. The molecule has 0 heterocycles. The van der Waals surface area contributed by atoms with Crippen molar-refractivity contribution in [1.29, 1.82) is 0 Å². The Hall–Kier alpha value is -2.06. The summed E-state index contributed by atoms with van der Waals surface area (Å²) in [6.07, 6.45) is 38.0. The van der Waals surface area contributed by atoms with Gasteiger partial charge in [-0.3, -0.25) is 13.8 Å². The number of hydrogen-bond donors (Lipinski definition) is 2. The molecule has 252 valence electrons. The summed E-state index contributed by atoms with van der Waals surface area (Å²) in [6, 6.07) is 0. The molecular formula is C35H60NO7P. The maximum absolute atomic E-state index is 12.4. The zero-order valence-corrected chi connectivity index (χ0v) is 28.3. The molecule has 44 heavy (non-hydrogen) atoms. The summed E-state index contributed by atoms with van der Waals surface area (Å²) >= 11 is 0. The van der Waals surface area contributed by atoms with Crippen LogP contribution in [0.25, 0.3) is 0 Å². The van der Waals surface area contributed by atoms with Gasteiger partial charge in [-0.15, -0.1) is 0 Å². The molecule has 0 amide bonds. The van der Waals surface area contributed by atoms with Crippen molar-refractivity contribution >= 4 is 13.8 Å². The van der Waals surface area contributed by atoms with E-state index in [-0.39, 0.29) is 32.8 Å². The number of hydrogen-bond acceptors (Lipinski definition) is 7. The molecular weight excluding hydrogens is 577 g/mol. The fourth-order valence-corrected chi connectivity index (χ4v) is 4.55. The van der Waals surface area contributed by atoms with Gasteiger partial charge in [0.25, 0.3) is 0 Å². The highest BCUT2D eigenvalue weighted by Gasteiger charge is 2.25. The number of nitrogens with two attached hydrogens (primary N) is 1. The van der Waals surface area contributed by atoms with E-state index < -0.39 is 19.9 Å². The van der Waals surface area contributed by atoms with E-state index in [9.17, 15) is 14.3 Å². The molecule has 0 saturated heterocycles. The van der Waals surface area contributed by atoms with Crippen molar-refractivity contribution in [1.82, 2.24) is 0 Å². The minimum atomic E-state index is -4.28. The molecule has 0 aromatic carbocycles. The molecule has 0 aromatic rings. The first-order chi connectivity index (χ1) is 21.4. The van der Waals surface area contributed by atoms with E-state index in [0.29, 0.717) is 13.0 Å². The third-order valence-electron chi connectivity index (χ3n) is 6.15. The van der Waals surface area contributed by atoms with Crippen LogP contribution in [0, 0.1) is 0 Å². The third-order valence-corrected chi connectivity index (χ3v) is 7.14. The summed E-state index contributed by atoms with van der Waals surface area (Å²) in [4.78, 5) is 22.2. The summed E-state index contributed by atoms with van der Waals surface area (Å²) in [7, 11) is -4.28. The molecule has 0 spiro atoms. The number of phosphoric ester groups is 1. The van der Waals surface area contributed by atoms with Crippen LogP contribution in [-0.2, 0) is 27.9 Å². The Balaban J connectivity index is 4.25. The van der Waals surface area contributed by atoms with Crippen molar-refractivity contribution in [3.8, 4) is 0 Å². The molecule has 2 atom stereocenters. The quantitative estimate of drug-likeness (QED) is 0.0347. The zero-order valence-electron chi connectivity index (χ0n) is 27.4. The lowest BCUT2D eigenvalue weighted by Gasteiger charge is -2.19. The monoisotopic (exact) mass is 637 g/mol. The Morgan fingerprint density at radius 3 is 1.77 bits per heavy atom. The number of rotatable bonds is 30. The summed E-state index contributed by atoms with van der Waals surface area (Å²) in [5, 5.41) is 0. The molecule has 3 N–H and O–H groups in total. The highest BCUT2D eigenvalue weighted by atomic mass is 31.2. The van der Waals surface area contributed by atoms with Crippen LogP contribution in [0.2, 0.25) is 0 Å². The lowest BCUT2D eigenvalue weighted by molar-refractivity contribution is -0.154. The van der Waals surface area contributed by atoms with Gasteiger partial charge in [-0.25, -0.2) is 4.57 Å². The topological polar surface area (TPSA) is 117 Å². The molecule has 0 saturated carbocycles. The molecule has 0 fully saturated rings. The minimum absolute atomic E-state index is 0.0809. The number of carbonyl (C=O) groups excluding carboxylic acids is 1. The first-order valence-corrected chi connectivity index (χ1v) is 17.9. The van der Waals surface area contributed by atoms with Crippen LogP contribution >= 0.6 is 7.82 Å². The average Bonchev–Trinajstić information content (AvgIpc) is 3.01. The van der Waals surface area contributed by atoms with Crippen LogP contribution in [0.4, 0.5) is 0 Å². The van der Waals surface area contributed by atoms with Crippen molar-refractivity contribution in [2.24, 2.45) is 5.73 Å². The first-order valence-electron chi connectivity index (χ1n) is 16.4. The number of esters is 1. The summed E-state index contributed by atoms with van der Waals surface area (Å²) < 4.78 is 32.9. The van der Waals surface area contributed by atoms with Crippen LogP contribution in [0.15, 0.2) is 72.9 Å². The van der Waals surface area contributed by atoms with Gasteiger partial charge >= 0.3 is 13.8 Å². The van der Waals surface area contributed by atoms with Crippen LogP contribution < -0.4 is 5.73 Å². The van der Waals surface area contributed by atoms with Crippen molar-refractivity contribution in [3.63, 3.8) is 0 Å². The Morgan fingerprint density at radius 1 is 0.705 bits per heavy atom. The molecule has 0 radical (unpaired) electrons. The van der Waals surface area contributed by atoms with Crippen LogP contribution in [0.5, 0.6) is 0 Å². The SMILES string of the molecule is CC/C=C\C/C=C\C/C=C\C/C=C\C/C=C\C/C=C\CCC(=O)OC(COCCCCCCCC)COP(=O)(O)OCCN. The molecule has 8 nitrogen and oxygen atoms in total. The summed E-state index contributed by atoms with van der Waals surface area (Å²) in [5.74, 6) is -0.419. The van der Waals surface area contributed by atoms with E-state index in [0.717, 1.165) is 51.4 Å². The fourth-order valence-electron chi connectivity index (χ4n) is 3.78. The Labute approximate surface area is 267 Å². The maximum Gasteiger partial charge on any atom is 0.472 e. The van der Waals surface area contributed by atoms with E-state index in [1.807, 2.05) is 12.2 Å². The largest absolute Gasteiger partial charge is 0.472 e. The fraction of sp³-hybridized carbons (Fsp3) is 0.629. The van der Waals surface area contributed by atoms with Gasteiger partial charge in [0.05, 0.1) is 19.8 Å². The van der Waals surface area contributed by atoms with Gasteiger partial charge in [0.1, 0.15) is 6.10 Å². The first kappa shape index (κ1) is 41.9. The molecule has 2 unspecified atom stereocenters. The number of ether oxygens (including phenoxy) is 2. The number of phosphoric acid groups is 1. The van der Waals surface area contributed by atoms with Gasteiger partial charge in [0, 0.05) is 19.6 Å². The van der Waals surface area contributed by atoms with Crippen molar-refractivity contribution in [3.05, 3.63) is 72.9 Å². The zero-order chi connectivity index (χ0) is 32.4. The Kier molecular flexibility index (Phi) is 30.8. The van der Waals surface area contributed by atoms with Gasteiger partial charge in [-0.1, -0.05) is 119 Å². The van der Waals surface area contributed by atoms with E-state index in [1.165, 1.54) is 25.7 Å². The predicted molar refractivity (Wildman–Crippen MR) is 182 cm³/mol. The molecule has 0 rings (SSSR count). The van der Waals surface area contributed by atoms with Gasteiger partial charge in [0.2, 0.25) is 0 Å². The molecule has 0 aliphatic rings. The molecule has 0 aliphatic heterocycles. The standard InChI is InChI=1S/C35H60NO7P/c1-3-5-7-9-11-12-13-14-15-16-17-18-19-20-21-22-23-24-26-28-35(37)43-34(33-42-44(38,39)41-31-29-36)32-40-30-27-25-10-8-6-4-2/h5,7,11-12,14-15,17-18,20-21,23-24,34H,3-4,6,8-10,13,16,19,22,25-33,36H2,1-2H3,(H,38,39)/b7-5-,12-11-,15-14-,18-17-,21-20-,24-23-. The van der Waals surface area contributed by atoms with Gasteiger partial charge < -0.3 is 20.1 Å². The van der Waals surface area contributed by atoms with E-state index in [4.69, 9.17) is 24.3 Å². The van der Waals surface area contributed by atoms with E-state index in [2.05, 4.69) is 74.6 Å². The predicted octanol–water partition coefficient (Wildman–Crippen LogP) is 8.85. The van der Waals surface area contributed by atoms with Gasteiger partial charge in [-0.05, 0) is 51.4 Å². The normalized spacial score (nSPS) is 14.7. The number of unbranched alkanes of at least 4 members (excludes halogenated alkanes) is 5. The summed E-state index contributed by atoms with van der Waals surface area (Å²) in [6.45, 7) is 4.60. The molecule has 0 aliphatic carbocycles. The second-order valence-electron chi connectivity index (χ2n) is 10.3. The van der Waals surface area contributed by atoms with Crippen molar-refractivity contribution < 1.29 is 32.8 Å². The van der Waals surface area contributed by atoms with Gasteiger partial charge in [0.15, 0.2) is 0 Å². The van der Waals surface area contributed by atoms with Crippen molar-refractivity contribution in [2.75, 3.05) is 33.0 Å². The Morgan fingerprint density at radius 2 is 1.23 bits per heavy atom. The lowest BCUT2D eigenvalue weighted by Crippen LogP contribution is -2.28. The molecule has 0 bridgehead atoms. The Bertz CT molecular complexity index is 896. The molecule has 0 aromatic heterocycles.